The van der Waals surface area contributed by atoms with E-state index in [9.17, 15) is 0 Å². The maximum absolute atomic E-state index is 5.01. The van der Waals surface area contributed by atoms with Crippen LogP contribution in [0.3, 0.4) is 0 Å². The van der Waals surface area contributed by atoms with E-state index in [1.807, 2.05) is 6.07 Å². The van der Waals surface area contributed by atoms with Gasteiger partial charge in [-0.05, 0) is 6.07 Å². The van der Waals surface area contributed by atoms with Gasteiger partial charge in [-0.3, -0.25) is 0 Å². The van der Waals surface area contributed by atoms with Crippen LogP contribution in [0.1, 0.15) is 39.0 Å². The molecule has 1 aromatic rings. The minimum Gasteiger partial charge on any atom is -0.372 e. The van der Waals surface area contributed by atoms with Crippen molar-refractivity contribution in [1.29, 1.82) is 0 Å². The second kappa shape index (κ2) is 6.75. The van der Waals surface area contributed by atoms with E-state index in [4.69, 9.17) is 4.52 Å². The second-order valence-electron chi connectivity index (χ2n) is 3.50. The van der Waals surface area contributed by atoms with E-state index in [0.717, 1.165) is 12.9 Å². The summed E-state index contributed by atoms with van der Waals surface area (Å²) in [5.41, 5.74) is 1.02. The predicted molar refractivity (Wildman–Crippen MR) is 56.9 cm³/mol. The van der Waals surface area contributed by atoms with Gasteiger partial charge in [-0.15, -0.1) is 0 Å². The van der Waals surface area contributed by atoms with Gasteiger partial charge in [0.1, 0.15) is 0 Å². The van der Waals surface area contributed by atoms with Crippen molar-refractivity contribution in [3.05, 3.63) is 12.3 Å². The minimum atomic E-state index is 1.02. The number of unbranched alkanes of at least 4 members (excludes halogenated alkanes) is 4. The summed E-state index contributed by atoms with van der Waals surface area (Å²) < 4.78 is 5.01. The van der Waals surface area contributed by atoms with E-state index < -0.39 is 0 Å². The molecule has 3 heteroatoms. The highest BCUT2D eigenvalue weighted by Crippen LogP contribution is 2.04. The van der Waals surface area contributed by atoms with E-state index in [0.29, 0.717) is 0 Å². The van der Waals surface area contributed by atoms with Gasteiger partial charge in [-0.1, -0.05) is 50.5 Å². The molecule has 0 aromatic carbocycles. The first-order valence-corrected chi connectivity index (χ1v) is 5.33. The van der Waals surface area contributed by atoms with Crippen molar-refractivity contribution in [3.63, 3.8) is 0 Å². The lowest BCUT2D eigenvalue weighted by atomic mass is 9.70. The highest BCUT2D eigenvalue weighted by molar-refractivity contribution is 6.51. The Morgan fingerprint density at radius 1 is 1.31 bits per heavy atom. The molecule has 0 aliphatic carbocycles. The molecule has 0 fully saturated rings. The van der Waals surface area contributed by atoms with Crippen LogP contribution < -0.4 is 5.66 Å². The van der Waals surface area contributed by atoms with Crippen LogP contribution in [-0.2, 0) is 0 Å². The molecule has 0 atom stereocenters. The van der Waals surface area contributed by atoms with Gasteiger partial charge in [-0.2, -0.15) is 0 Å². The molecule has 1 aromatic heterocycles. The SMILES string of the molecule is CCCCCCCBc1ccno1. The molecule has 0 spiro atoms. The van der Waals surface area contributed by atoms with Crippen LogP contribution >= 0.6 is 0 Å². The molecule has 0 radical (unpaired) electrons. The van der Waals surface area contributed by atoms with Gasteiger partial charge >= 0.3 is 0 Å². The highest BCUT2D eigenvalue weighted by Gasteiger charge is 1.98. The molecule has 0 bridgehead atoms. The molecule has 0 aliphatic heterocycles. The molecule has 0 saturated heterocycles. The van der Waals surface area contributed by atoms with Gasteiger partial charge in [0.05, 0.1) is 11.9 Å². The molecule has 2 nitrogen and oxygen atoms in total. The van der Waals surface area contributed by atoms with Crippen molar-refractivity contribution in [3.8, 4) is 0 Å². The lowest BCUT2D eigenvalue weighted by molar-refractivity contribution is 0.445. The summed E-state index contributed by atoms with van der Waals surface area (Å²) in [6.45, 7) is 2.24. The molecule has 13 heavy (non-hydrogen) atoms. The third-order valence-corrected chi connectivity index (χ3v) is 2.27. The normalized spacial score (nSPS) is 10.2. The standard InChI is InChI=1S/C10H18BNO/c1-2-3-4-5-6-8-11-10-7-9-12-13-10/h7,9,11H,2-6,8H2,1H3. The summed E-state index contributed by atoms with van der Waals surface area (Å²) in [6, 6.07) is 1.95. The molecule has 1 rings (SSSR count). The third-order valence-electron chi connectivity index (χ3n) is 2.27. The van der Waals surface area contributed by atoms with Crippen LogP contribution in [0, 0.1) is 0 Å². The average molecular weight is 179 g/mol. The van der Waals surface area contributed by atoms with Crippen LogP contribution in [0.2, 0.25) is 6.32 Å². The number of aromatic nitrogens is 1. The van der Waals surface area contributed by atoms with Gasteiger partial charge < -0.3 is 4.52 Å². The van der Waals surface area contributed by atoms with Crippen molar-refractivity contribution < 1.29 is 4.52 Å². The van der Waals surface area contributed by atoms with Gasteiger partial charge in [0, 0.05) is 0 Å². The zero-order valence-electron chi connectivity index (χ0n) is 8.46. The number of nitrogens with zero attached hydrogens (tertiary/aromatic N) is 1. The Morgan fingerprint density at radius 2 is 2.15 bits per heavy atom. The van der Waals surface area contributed by atoms with Crippen LogP contribution in [-0.4, -0.2) is 12.4 Å². The van der Waals surface area contributed by atoms with E-state index in [1.54, 1.807) is 6.20 Å². The predicted octanol–water partition coefficient (Wildman–Crippen LogP) is 2.13. The van der Waals surface area contributed by atoms with E-state index >= 15 is 0 Å². The van der Waals surface area contributed by atoms with Gasteiger partial charge in [0.2, 0.25) is 7.28 Å². The van der Waals surface area contributed by atoms with Crippen LogP contribution in [0.4, 0.5) is 0 Å². The molecule has 72 valence electrons. The van der Waals surface area contributed by atoms with Crippen molar-refractivity contribution in [2.45, 2.75) is 45.3 Å². The summed E-state index contributed by atoms with van der Waals surface area (Å²) in [6.07, 6.45) is 9.71. The zero-order chi connectivity index (χ0) is 9.36. The molecular formula is C10H18BNO. The molecular weight excluding hydrogens is 161 g/mol. The number of rotatable bonds is 7. The van der Waals surface area contributed by atoms with Gasteiger partial charge in [-0.25, -0.2) is 0 Å². The highest BCUT2D eigenvalue weighted by atomic mass is 16.5. The summed E-state index contributed by atoms with van der Waals surface area (Å²) >= 11 is 0. The lowest BCUT2D eigenvalue weighted by Gasteiger charge is -1.96. The Morgan fingerprint density at radius 3 is 2.85 bits per heavy atom. The Kier molecular flexibility index (Phi) is 5.38. The molecule has 0 aliphatic rings. The summed E-state index contributed by atoms with van der Waals surface area (Å²) in [5, 5.41) is 3.68. The number of hydrogen-bond donors (Lipinski definition) is 0. The zero-order valence-corrected chi connectivity index (χ0v) is 8.46. The average Bonchev–Trinajstić information content (AvgIpc) is 2.63. The van der Waals surface area contributed by atoms with Crippen molar-refractivity contribution in [2.24, 2.45) is 0 Å². The Hall–Kier alpha value is -0.725. The molecule has 0 unspecified atom stereocenters. The fraction of sp³-hybridized carbons (Fsp3) is 0.700. The summed E-state index contributed by atoms with van der Waals surface area (Å²) in [4.78, 5) is 0. The van der Waals surface area contributed by atoms with Crippen LogP contribution in [0.15, 0.2) is 16.8 Å². The molecule has 0 N–H and O–H groups in total. The third kappa shape index (κ3) is 4.76. The molecule has 0 saturated carbocycles. The quantitative estimate of drug-likeness (QED) is 0.473. The van der Waals surface area contributed by atoms with E-state index in [1.165, 1.54) is 38.4 Å². The van der Waals surface area contributed by atoms with E-state index in [-0.39, 0.29) is 0 Å². The van der Waals surface area contributed by atoms with Gasteiger partial charge in [0.15, 0.2) is 0 Å². The molecule has 1 heterocycles. The minimum absolute atomic E-state index is 1.02. The fourth-order valence-corrected chi connectivity index (χ4v) is 1.45. The Balaban J connectivity index is 1.90. The second-order valence-corrected chi connectivity index (χ2v) is 3.50. The summed E-state index contributed by atoms with van der Waals surface area (Å²) in [7, 11) is 1.05. The monoisotopic (exact) mass is 179 g/mol. The van der Waals surface area contributed by atoms with Crippen LogP contribution in [0.25, 0.3) is 0 Å². The maximum Gasteiger partial charge on any atom is 0.208 e. The Labute approximate surface area is 80.9 Å². The smallest absolute Gasteiger partial charge is 0.208 e. The van der Waals surface area contributed by atoms with Crippen molar-refractivity contribution >= 4 is 12.9 Å². The fourth-order valence-electron chi connectivity index (χ4n) is 1.45. The number of hydrogen-bond acceptors (Lipinski definition) is 2. The van der Waals surface area contributed by atoms with Crippen LogP contribution in [0.5, 0.6) is 0 Å². The lowest BCUT2D eigenvalue weighted by Crippen LogP contribution is -2.09. The van der Waals surface area contributed by atoms with Crippen molar-refractivity contribution in [2.75, 3.05) is 0 Å². The first kappa shape index (κ1) is 10.4. The molecule has 0 amide bonds. The Bertz CT molecular complexity index is 199. The van der Waals surface area contributed by atoms with E-state index in [2.05, 4.69) is 12.1 Å². The topological polar surface area (TPSA) is 26.0 Å². The first-order chi connectivity index (χ1) is 6.43. The summed E-state index contributed by atoms with van der Waals surface area (Å²) in [5.74, 6) is 0. The first-order valence-electron chi connectivity index (χ1n) is 5.33. The van der Waals surface area contributed by atoms with Gasteiger partial charge in [0.25, 0.3) is 0 Å². The maximum atomic E-state index is 5.01. The largest absolute Gasteiger partial charge is 0.372 e. The van der Waals surface area contributed by atoms with Crippen molar-refractivity contribution in [1.82, 2.24) is 5.16 Å².